The van der Waals surface area contributed by atoms with Crippen LogP contribution in [0.2, 0.25) is 0 Å². The van der Waals surface area contributed by atoms with Crippen molar-refractivity contribution in [3.63, 3.8) is 0 Å². The van der Waals surface area contributed by atoms with Crippen LogP contribution in [0.5, 0.6) is 0 Å². The fourth-order valence-electron chi connectivity index (χ4n) is 1.44. The van der Waals surface area contributed by atoms with Crippen molar-refractivity contribution < 1.29 is 13.5 Å². The number of nitrogens with one attached hydrogen (secondary N) is 1. The van der Waals surface area contributed by atoms with Gasteiger partial charge >= 0.3 is 0 Å². The van der Waals surface area contributed by atoms with Gasteiger partial charge in [0.15, 0.2) is 0 Å². The van der Waals surface area contributed by atoms with Crippen molar-refractivity contribution >= 4 is 9.84 Å². The van der Waals surface area contributed by atoms with Gasteiger partial charge in [0.1, 0.15) is 9.84 Å². The second-order valence-corrected chi connectivity index (χ2v) is 6.47. The number of rotatable bonds is 9. The van der Waals surface area contributed by atoms with E-state index in [0.717, 1.165) is 5.69 Å². The molecule has 18 heavy (non-hydrogen) atoms. The Kier molecular flexibility index (Phi) is 6.23. The SMILES string of the molecule is CS(=O)(=O)CCCNCc1cn(CCCO)nn1. The number of sulfone groups is 1. The lowest BCUT2D eigenvalue weighted by Crippen LogP contribution is -2.18. The molecule has 0 aliphatic rings. The van der Waals surface area contributed by atoms with E-state index in [-0.39, 0.29) is 12.4 Å². The summed E-state index contributed by atoms with van der Waals surface area (Å²) in [5, 5.41) is 19.7. The van der Waals surface area contributed by atoms with Gasteiger partial charge in [-0.15, -0.1) is 5.10 Å². The molecule has 0 saturated heterocycles. The second-order valence-electron chi connectivity index (χ2n) is 4.21. The molecular weight excluding hydrogens is 256 g/mol. The molecule has 1 aromatic heterocycles. The van der Waals surface area contributed by atoms with Gasteiger partial charge in [-0.1, -0.05) is 5.21 Å². The number of nitrogens with zero attached hydrogens (tertiary/aromatic N) is 3. The Morgan fingerprint density at radius 3 is 2.89 bits per heavy atom. The molecule has 0 atom stereocenters. The zero-order valence-electron chi connectivity index (χ0n) is 10.5. The third kappa shape index (κ3) is 6.67. The molecule has 1 heterocycles. The third-order valence-corrected chi connectivity index (χ3v) is 3.34. The predicted octanol–water partition coefficient (Wildman–Crippen LogP) is -0.815. The molecule has 1 aromatic rings. The number of aliphatic hydroxyl groups is 1. The molecular formula is C10H20N4O3S. The molecule has 7 nitrogen and oxygen atoms in total. The molecule has 1 rings (SSSR count). The first-order chi connectivity index (χ1) is 8.51. The lowest BCUT2D eigenvalue weighted by atomic mass is 10.4. The largest absolute Gasteiger partial charge is 0.396 e. The van der Waals surface area contributed by atoms with Crippen molar-refractivity contribution in [2.75, 3.05) is 25.2 Å². The Labute approximate surface area is 107 Å². The van der Waals surface area contributed by atoms with Crippen LogP contribution in [0.15, 0.2) is 6.20 Å². The highest BCUT2D eigenvalue weighted by Crippen LogP contribution is 1.95. The summed E-state index contributed by atoms with van der Waals surface area (Å²) >= 11 is 0. The quantitative estimate of drug-likeness (QED) is 0.572. The van der Waals surface area contributed by atoms with Crippen molar-refractivity contribution in [3.05, 3.63) is 11.9 Å². The van der Waals surface area contributed by atoms with E-state index in [1.54, 1.807) is 4.68 Å². The predicted molar refractivity (Wildman–Crippen MR) is 67.8 cm³/mol. The number of aromatic nitrogens is 3. The summed E-state index contributed by atoms with van der Waals surface area (Å²) in [6.45, 7) is 2.00. The molecule has 0 aliphatic carbocycles. The highest BCUT2D eigenvalue weighted by molar-refractivity contribution is 7.90. The van der Waals surface area contributed by atoms with E-state index in [0.29, 0.717) is 32.5 Å². The number of hydrogen-bond acceptors (Lipinski definition) is 6. The topological polar surface area (TPSA) is 97.1 Å². The summed E-state index contributed by atoms with van der Waals surface area (Å²) in [4.78, 5) is 0. The van der Waals surface area contributed by atoms with Gasteiger partial charge in [-0.25, -0.2) is 8.42 Å². The maximum atomic E-state index is 10.9. The van der Waals surface area contributed by atoms with Gasteiger partial charge in [-0.3, -0.25) is 4.68 Å². The first kappa shape index (κ1) is 15.1. The van der Waals surface area contributed by atoms with Crippen LogP contribution in [-0.4, -0.2) is 53.7 Å². The molecule has 2 N–H and O–H groups in total. The Balaban J connectivity index is 2.17. The summed E-state index contributed by atoms with van der Waals surface area (Å²) in [6.07, 6.45) is 4.31. The minimum absolute atomic E-state index is 0.138. The van der Waals surface area contributed by atoms with Crippen LogP contribution in [0.1, 0.15) is 18.5 Å². The van der Waals surface area contributed by atoms with Crippen molar-refractivity contribution in [1.29, 1.82) is 0 Å². The van der Waals surface area contributed by atoms with E-state index in [4.69, 9.17) is 5.11 Å². The maximum Gasteiger partial charge on any atom is 0.147 e. The molecule has 0 aliphatic heterocycles. The highest BCUT2D eigenvalue weighted by atomic mass is 32.2. The summed E-state index contributed by atoms with van der Waals surface area (Å²) in [7, 11) is -2.87. The smallest absolute Gasteiger partial charge is 0.147 e. The Hall–Kier alpha value is -0.990. The zero-order chi connectivity index (χ0) is 13.4. The summed E-state index contributed by atoms with van der Waals surface area (Å²) < 4.78 is 23.5. The number of hydrogen-bond donors (Lipinski definition) is 2. The summed E-state index contributed by atoms with van der Waals surface area (Å²) in [5.74, 6) is 0.198. The van der Waals surface area contributed by atoms with Crippen molar-refractivity contribution in [2.24, 2.45) is 0 Å². The van der Waals surface area contributed by atoms with Crippen molar-refractivity contribution in [3.8, 4) is 0 Å². The fraction of sp³-hybridized carbons (Fsp3) is 0.800. The van der Waals surface area contributed by atoms with E-state index >= 15 is 0 Å². The van der Waals surface area contributed by atoms with Crippen LogP contribution in [0.3, 0.4) is 0 Å². The highest BCUT2D eigenvalue weighted by Gasteiger charge is 2.02. The first-order valence-electron chi connectivity index (χ1n) is 5.89. The zero-order valence-corrected chi connectivity index (χ0v) is 11.4. The lowest BCUT2D eigenvalue weighted by Gasteiger charge is -2.01. The summed E-state index contributed by atoms with van der Waals surface area (Å²) in [6, 6.07) is 0. The van der Waals surface area contributed by atoms with Crippen LogP contribution < -0.4 is 5.32 Å². The Morgan fingerprint density at radius 2 is 2.22 bits per heavy atom. The number of aryl methyl sites for hydroxylation is 1. The van der Waals surface area contributed by atoms with Crippen LogP contribution in [0, 0.1) is 0 Å². The fourth-order valence-corrected chi connectivity index (χ4v) is 2.11. The van der Waals surface area contributed by atoms with Gasteiger partial charge in [-0.2, -0.15) is 0 Å². The van der Waals surface area contributed by atoms with Gasteiger partial charge < -0.3 is 10.4 Å². The van der Waals surface area contributed by atoms with E-state index in [1.165, 1.54) is 6.26 Å². The van der Waals surface area contributed by atoms with E-state index in [1.807, 2.05) is 6.20 Å². The molecule has 8 heteroatoms. The second kappa shape index (κ2) is 7.45. The molecule has 0 aromatic carbocycles. The minimum atomic E-state index is -2.87. The Morgan fingerprint density at radius 1 is 1.44 bits per heavy atom. The average molecular weight is 276 g/mol. The average Bonchev–Trinajstić information content (AvgIpc) is 2.72. The summed E-state index contributed by atoms with van der Waals surface area (Å²) in [5.41, 5.74) is 0.812. The van der Waals surface area contributed by atoms with Crippen LogP contribution in [-0.2, 0) is 22.9 Å². The normalized spacial score (nSPS) is 11.9. The van der Waals surface area contributed by atoms with E-state index in [9.17, 15) is 8.42 Å². The first-order valence-corrected chi connectivity index (χ1v) is 7.95. The standard InChI is InChI=1S/C10H20N4O3S/c1-18(16,17)7-2-4-11-8-10-9-14(13-12-10)5-3-6-15/h9,11,15H,2-8H2,1H3. The third-order valence-electron chi connectivity index (χ3n) is 2.31. The molecule has 0 radical (unpaired) electrons. The molecule has 0 spiro atoms. The molecule has 0 unspecified atom stereocenters. The van der Waals surface area contributed by atoms with Crippen LogP contribution >= 0.6 is 0 Å². The van der Waals surface area contributed by atoms with Gasteiger partial charge in [0, 0.05) is 32.1 Å². The van der Waals surface area contributed by atoms with Crippen LogP contribution in [0.4, 0.5) is 0 Å². The van der Waals surface area contributed by atoms with Crippen molar-refractivity contribution in [2.45, 2.75) is 25.9 Å². The molecule has 104 valence electrons. The van der Waals surface area contributed by atoms with E-state index in [2.05, 4.69) is 15.6 Å². The molecule has 0 bridgehead atoms. The monoisotopic (exact) mass is 276 g/mol. The minimum Gasteiger partial charge on any atom is -0.396 e. The maximum absolute atomic E-state index is 10.9. The lowest BCUT2D eigenvalue weighted by molar-refractivity contribution is 0.276. The van der Waals surface area contributed by atoms with Crippen molar-refractivity contribution in [1.82, 2.24) is 20.3 Å². The van der Waals surface area contributed by atoms with Gasteiger partial charge in [0.25, 0.3) is 0 Å². The van der Waals surface area contributed by atoms with Gasteiger partial charge in [0.05, 0.1) is 11.4 Å². The molecule has 0 amide bonds. The molecule has 0 fully saturated rings. The van der Waals surface area contributed by atoms with Gasteiger partial charge in [0.2, 0.25) is 0 Å². The van der Waals surface area contributed by atoms with Gasteiger partial charge in [-0.05, 0) is 19.4 Å². The number of aliphatic hydroxyl groups excluding tert-OH is 1. The molecule has 0 saturated carbocycles. The Bertz CT molecular complexity index is 444. The van der Waals surface area contributed by atoms with E-state index < -0.39 is 9.84 Å². The van der Waals surface area contributed by atoms with Crippen LogP contribution in [0.25, 0.3) is 0 Å².